The van der Waals surface area contributed by atoms with Crippen molar-refractivity contribution in [2.24, 2.45) is 5.92 Å². The number of nitrogens with one attached hydrogen (secondary N) is 1. The number of carbonyl (C=O) groups is 1. The van der Waals surface area contributed by atoms with Crippen molar-refractivity contribution in [1.29, 1.82) is 0 Å². The average Bonchev–Trinajstić information content (AvgIpc) is 2.63. The lowest BCUT2D eigenvalue weighted by Gasteiger charge is -2.12. The van der Waals surface area contributed by atoms with E-state index in [4.69, 9.17) is 4.74 Å². The van der Waals surface area contributed by atoms with E-state index in [1.54, 1.807) is 0 Å². The van der Waals surface area contributed by atoms with Gasteiger partial charge in [-0.3, -0.25) is 0 Å². The van der Waals surface area contributed by atoms with Crippen molar-refractivity contribution in [3.8, 4) is 0 Å². The first-order valence-electron chi connectivity index (χ1n) is 4.79. The Morgan fingerprint density at radius 1 is 1.42 bits per heavy atom. The highest BCUT2D eigenvalue weighted by Crippen LogP contribution is 2.29. The topological polar surface area (TPSA) is 38.3 Å². The van der Waals surface area contributed by atoms with E-state index < -0.39 is 0 Å². The maximum absolute atomic E-state index is 10.7. The van der Waals surface area contributed by atoms with E-state index in [2.05, 4.69) is 5.32 Å². The molecule has 3 nitrogen and oxygen atoms in total. The Balaban J connectivity index is 1.75. The van der Waals surface area contributed by atoms with E-state index in [1.165, 1.54) is 25.7 Å². The average molecular weight is 169 g/mol. The summed E-state index contributed by atoms with van der Waals surface area (Å²) in [5, 5.41) is 2.68. The fourth-order valence-electron chi connectivity index (χ4n) is 2.18. The number of rotatable bonds is 2. The normalized spacial score (nSPS) is 30.3. The summed E-state index contributed by atoms with van der Waals surface area (Å²) < 4.78 is 5.07. The summed E-state index contributed by atoms with van der Waals surface area (Å²) in [4.78, 5) is 10.7. The minimum Gasteiger partial charge on any atom is -0.444 e. The van der Waals surface area contributed by atoms with Crippen LogP contribution in [0.1, 0.15) is 32.1 Å². The molecule has 1 amide bonds. The van der Waals surface area contributed by atoms with E-state index in [9.17, 15) is 4.79 Å². The lowest BCUT2D eigenvalue weighted by molar-refractivity contribution is 0.125. The second kappa shape index (κ2) is 3.33. The predicted octanol–water partition coefficient (Wildman–Crippen LogP) is 1.68. The molecule has 1 atom stereocenters. The van der Waals surface area contributed by atoms with Crippen molar-refractivity contribution < 1.29 is 9.53 Å². The van der Waals surface area contributed by atoms with Gasteiger partial charge in [-0.2, -0.15) is 0 Å². The van der Waals surface area contributed by atoms with Gasteiger partial charge in [0.2, 0.25) is 0 Å². The highest BCUT2D eigenvalue weighted by atomic mass is 16.6. The van der Waals surface area contributed by atoms with Gasteiger partial charge in [-0.05, 0) is 12.3 Å². The van der Waals surface area contributed by atoms with Gasteiger partial charge in [0.15, 0.2) is 0 Å². The zero-order valence-electron chi connectivity index (χ0n) is 7.21. The van der Waals surface area contributed by atoms with Gasteiger partial charge >= 0.3 is 6.09 Å². The van der Waals surface area contributed by atoms with Gasteiger partial charge in [0.05, 0.1) is 6.54 Å². The Kier molecular flexibility index (Phi) is 2.19. The zero-order chi connectivity index (χ0) is 8.39. The standard InChI is InChI=1S/C9H15NO2/c11-9-10-6-8(12-9)5-7-3-1-2-4-7/h7-8H,1-6H2,(H,10,11). The minimum absolute atomic E-state index is 0.153. The summed E-state index contributed by atoms with van der Waals surface area (Å²) in [7, 11) is 0. The molecule has 1 heterocycles. The van der Waals surface area contributed by atoms with Crippen molar-refractivity contribution in [1.82, 2.24) is 5.32 Å². The van der Waals surface area contributed by atoms with Crippen molar-refractivity contribution >= 4 is 6.09 Å². The lowest BCUT2D eigenvalue weighted by Crippen LogP contribution is -2.17. The van der Waals surface area contributed by atoms with Crippen LogP contribution in [0.25, 0.3) is 0 Å². The van der Waals surface area contributed by atoms with Crippen LogP contribution < -0.4 is 5.32 Å². The summed E-state index contributed by atoms with van der Waals surface area (Å²) in [6.45, 7) is 0.718. The third-order valence-corrected chi connectivity index (χ3v) is 2.82. The molecule has 2 rings (SSSR count). The molecular weight excluding hydrogens is 154 g/mol. The highest BCUT2D eigenvalue weighted by molar-refractivity contribution is 5.69. The molecule has 1 N–H and O–H groups in total. The number of amides is 1. The van der Waals surface area contributed by atoms with Gasteiger partial charge in [-0.15, -0.1) is 0 Å². The second-order valence-corrected chi connectivity index (χ2v) is 3.79. The molecule has 0 aromatic heterocycles. The molecule has 2 fully saturated rings. The number of hydrogen-bond donors (Lipinski definition) is 1. The Hall–Kier alpha value is -0.730. The third-order valence-electron chi connectivity index (χ3n) is 2.82. The van der Waals surface area contributed by atoms with Crippen molar-refractivity contribution in [2.75, 3.05) is 6.54 Å². The monoisotopic (exact) mass is 169 g/mol. The molecule has 0 aromatic rings. The smallest absolute Gasteiger partial charge is 0.407 e. The Morgan fingerprint density at radius 3 is 2.75 bits per heavy atom. The molecule has 0 aromatic carbocycles. The number of hydrogen-bond acceptors (Lipinski definition) is 2. The first-order chi connectivity index (χ1) is 5.84. The van der Waals surface area contributed by atoms with Crippen LogP contribution >= 0.6 is 0 Å². The highest BCUT2D eigenvalue weighted by Gasteiger charge is 2.26. The third kappa shape index (κ3) is 1.71. The largest absolute Gasteiger partial charge is 0.444 e. The van der Waals surface area contributed by atoms with E-state index in [0.29, 0.717) is 0 Å². The van der Waals surface area contributed by atoms with Gasteiger partial charge in [-0.25, -0.2) is 4.79 Å². The van der Waals surface area contributed by atoms with Crippen LogP contribution in [-0.4, -0.2) is 18.7 Å². The van der Waals surface area contributed by atoms with Crippen molar-refractivity contribution in [3.05, 3.63) is 0 Å². The molecule has 1 saturated heterocycles. The summed E-state index contributed by atoms with van der Waals surface area (Å²) in [5.74, 6) is 0.808. The Bertz CT molecular complexity index is 175. The molecule has 0 radical (unpaired) electrons. The first-order valence-corrected chi connectivity index (χ1v) is 4.79. The second-order valence-electron chi connectivity index (χ2n) is 3.79. The van der Waals surface area contributed by atoms with Crippen LogP contribution in [0, 0.1) is 5.92 Å². The van der Waals surface area contributed by atoms with Crippen LogP contribution in [0.4, 0.5) is 4.79 Å². The van der Waals surface area contributed by atoms with Crippen LogP contribution in [0.2, 0.25) is 0 Å². The molecule has 68 valence electrons. The first kappa shape index (κ1) is 7.90. The number of alkyl carbamates (subject to hydrolysis) is 1. The summed E-state index contributed by atoms with van der Waals surface area (Å²) in [6.07, 6.45) is 6.36. The SMILES string of the molecule is O=C1NCC(CC2CCCC2)O1. The molecule has 1 unspecified atom stereocenters. The van der Waals surface area contributed by atoms with Crippen LogP contribution in [0.3, 0.4) is 0 Å². The molecule has 3 heteroatoms. The van der Waals surface area contributed by atoms with Gasteiger partial charge in [0.1, 0.15) is 6.10 Å². The van der Waals surface area contributed by atoms with Gasteiger partial charge in [0, 0.05) is 0 Å². The van der Waals surface area contributed by atoms with Crippen LogP contribution in [0.15, 0.2) is 0 Å². The Morgan fingerprint density at radius 2 is 2.17 bits per heavy atom. The quantitative estimate of drug-likeness (QED) is 0.683. The molecule has 1 saturated carbocycles. The molecule has 12 heavy (non-hydrogen) atoms. The number of ether oxygens (including phenoxy) is 1. The fraction of sp³-hybridized carbons (Fsp3) is 0.889. The number of cyclic esters (lactones) is 1. The van der Waals surface area contributed by atoms with Gasteiger partial charge in [0.25, 0.3) is 0 Å². The van der Waals surface area contributed by atoms with Gasteiger partial charge < -0.3 is 10.1 Å². The number of carbonyl (C=O) groups excluding carboxylic acids is 1. The molecule has 0 spiro atoms. The summed E-state index contributed by atoms with van der Waals surface area (Å²) in [6, 6.07) is 0. The molecule has 1 aliphatic heterocycles. The fourth-order valence-corrected chi connectivity index (χ4v) is 2.18. The van der Waals surface area contributed by atoms with Crippen LogP contribution in [0.5, 0.6) is 0 Å². The molecular formula is C9H15NO2. The predicted molar refractivity (Wildman–Crippen MR) is 44.8 cm³/mol. The maximum Gasteiger partial charge on any atom is 0.407 e. The van der Waals surface area contributed by atoms with Crippen LogP contribution in [-0.2, 0) is 4.74 Å². The zero-order valence-corrected chi connectivity index (χ0v) is 7.21. The molecule has 1 aliphatic carbocycles. The van der Waals surface area contributed by atoms with E-state index >= 15 is 0 Å². The van der Waals surface area contributed by atoms with Crippen molar-refractivity contribution in [3.63, 3.8) is 0 Å². The van der Waals surface area contributed by atoms with Gasteiger partial charge in [-0.1, -0.05) is 25.7 Å². The summed E-state index contributed by atoms with van der Waals surface area (Å²) >= 11 is 0. The van der Waals surface area contributed by atoms with E-state index in [-0.39, 0.29) is 12.2 Å². The molecule has 0 bridgehead atoms. The molecule has 2 aliphatic rings. The van der Waals surface area contributed by atoms with E-state index in [0.717, 1.165) is 18.9 Å². The Labute approximate surface area is 72.5 Å². The minimum atomic E-state index is -0.238. The maximum atomic E-state index is 10.7. The summed E-state index contributed by atoms with van der Waals surface area (Å²) in [5.41, 5.74) is 0. The van der Waals surface area contributed by atoms with Crippen molar-refractivity contribution in [2.45, 2.75) is 38.2 Å². The lowest BCUT2D eigenvalue weighted by atomic mass is 10.0. The van der Waals surface area contributed by atoms with E-state index in [1.807, 2.05) is 0 Å².